The van der Waals surface area contributed by atoms with Gasteiger partial charge in [-0.15, -0.1) is 0 Å². The van der Waals surface area contributed by atoms with Crippen molar-refractivity contribution in [2.24, 2.45) is 11.8 Å². The predicted octanol–water partition coefficient (Wildman–Crippen LogP) is 5.94. The second-order valence-electron chi connectivity index (χ2n) is 14.0. The maximum atomic E-state index is 15.8. The SMILES string of the molecule is C[C@@H](CO)NC(=O)N(CC1CN(C(=O)OC(C)(C)C)CC1F)[C@@H](c1nc(-c2cc(F)ccc2F)cn1Cc1ccccc1)C1CCOCC1. The average Bonchev–Trinajstić information content (AvgIpc) is 3.64. The van der Waals surface area contributed by atoms with Gasteiger partial charge in [-0.3, -0.25) is 0 Å². The fourth-order valence-corrected chi connectivity index (χ4v) is 6.43. The first-order valence-corrected chi connectivity index (χ1v) is 16.8. The molecule has 5 rings (SSSR count). The third kappa shape index (κ3) is 9.13. The van der Waals surface area contributed by atoms with Crippen LogP contribution in [0.4, 0.5) is 22.8 Å². The van der Waals surface area contributed by atoms with Crippen LogP contribution in [-0.2, 0) is 16.0 Å². The highest BCUT2D eigenvalue weighted by Crippen LogP contribution is 2.38. The number of urea groups is 1. The second-order valence-corrected chi connectivity index (χ2v) is 14.0. The number of carbonyl (C=O) groups excluding carboxylic acids is 2. The normalized spacial score (nSPS) is 19.8. The zero-order valence-electron chi connectivity index (χ0n) is 28.4. The van der Waals surface area contributed by atoms with E-state index < -0.39 is 53.5 Å². The molecule has 13 heteroatoms. The van der Waals surface area contributed by atoms with Gasteiger partial charge in [-0.1, -0.05) is 30.3 Å². The molecule has 2 saturated heterocycles. The molecule has 10 nitrogen and oxygen atoms in total. The Labute approximate surface area is 285 Å². The highest BCUT2D eigenvalue weighted by Gasteiger charge is 2.43. The van der Waals surface area contributed by atoms with Crippen LogP contribution in [0.3, 0.4) is 0 Å². The molecule has 266 valence electrons. The monoisotopic (exact) mass is 685 g/mol. The maximum Gasteiger partial charge on any atom is 0.410 e. The summed E-state index contributed by atoms with van der Waals surface area (Å²) in [5.41, 5.74) is 0.298. The number of nitrogens with one attached hydrogen (secondary N) is 1. The Morgan fingerprint density at radius 2 is 1.84 bits per heavy atom. The summed E-state index contributed by atoms with van der Waals surface area (Å²) in [5, 5.41) is 12.6. The zero-order chi connectivity index (χ0) is 35.3. The molecule has 0 radical (unpaired) electrons. The van der Waals surface area contributed by atoms with Crippen molar-refractivity contribution in [3.8, 4) is 11.3 Å². The van der Waals surface area contributed by atoms with E-state index in [0.717, 1.165) is 23.8 Å². The van der Waals surface area contributed by atoms with Gasteiger partial charge in [-0.2, -0.15) is 0 Å². The quantitative estimate of drug-likeness (QED) is 0.274. The van der Waals surface area contributed by atoms with Gasteiger partial charge >= 0.3 is 12.1 Å². The highest BCUT2D eigenvalue weighted by molar-refractivity contribution is 5.75. The minimum absolute atomic E-state index is 0.0219. The Bertz CT molecular complexity index is 1580. The molecule has 0 spiro atoms. The number of rotatable bonds is 10. The number of imidazole rings is 1. The number of nitrogens with zero attached hydrogens (tertiary/aromatic N) is 4. The molecular weight excluding hydrogens is 639 g/mol. The molecule has 2 N–H and O–H groups in total. The second kappa shape index (κ2) is 15.6. The van der Waals surface area contributed by atoms with E-state index in [9.17, 15) is 19.1 Å². The molecule has 4 atom stereocenters. The molecule has 2 aromatic carbocycles. The van der Waals surface area contributed by atoms with Crippen molar-refractivity contribution in [1.29, 1.82) is 0 Å². The van der Waals surface area contributed by atoms with Crippen molar-refractivity contribution in [2.45, 2.75) is 70.9 Å². The molecule has 2 fully saturated rings. The maximum absolute atomic E-state index is 15.8. The highest BCUT2D eigenvalue weighted by atomic mass is 19.1. The largest absolute Gasteiger partial charge is 0.444 e. The number of hydrogen-bond acceptors (Lipinski definition) is 6. The van der Waals surface area contributed by atoms with Gasteiger partial charge in [-0.25, -0.2) is 27.7 Å². The van der Waals surface area contributed by atoms with E-state index in [4.69, 9.17) is 14.5 Å². The standard InChI is InChI=1S/C36H46F3N5O5/c1-23(22-45)40-34(46)44(19-26-18-43(20-30(26)39)35(47)49-36(2,3)4)32(25-12-14-48-15-13-25)33-41-31(28-16-27(37)10-11-29(28)38)21-42(33)17-24-8-6-5-7-9-24/h5-11,16,21,23,25-26,30,32,45H,12-15,17-20,22H2,1-4H3,(H,40,46)/t23-,26?,30?,32+/m0/s1. The van der Waals surface area contributed by atoms with E-state index in [1.807, 2.05) is 34.9 Å². The molecule has 0 saturated carbocycles. The van der Waals surface area contributed by atoms with Crippen molar-refractivity contribution in [3.63, 3.8) is 0 Å². The molecule has 3 aromatic rings. The number of likely N-dealkylation sites (tertiary alicyclic amines) is 1. The van der Waals surface area contributed by atoms with Gasteiger partial charge in [0.25, 0.3) is 0 Å². The number of halogens is 3. The minimum atomic E-state index is -1.45. The molecule has 49 heavy (non-hydrogen) atoms. The van der Waals surface area contributed by atoms with Crippen molar-refractivity contribution >= 4 is 12.1 Å². The number of amides is 3. The van der Waals surface area contributed by atoms with Crippen LogP contribution in [0, 0.1) is 23.5 Å². The number of aliphatic hydroxyl groups excluding tert-OH is 1. The van der Waals surface area contributed by atoms with Gasteiger partial charge in [0.05, 0.1) is 30.9 Å². The summed E-state index contributed by atoms with van der Waals surface area (Å²) in [4.78, 5) is 34.9. The number of carbonyl (C=O) groups is 2. The van der Waals surface area contributed by atoms with Gasteiger partial charge < -0.3 is 34.3 Å². The number of aliphatic hydroxyl groups is 1. The number of hydrogen-bond donors (Lipinski definition) is 2. The van der Waals surface area contributed by atoms with Crippen molar-refractivity contribution in [2.75, 3.05) is 39.5 Å². The van der Waals surface area contributed by atoms with E-state index >= 15 is 8.78 Å². The van der Waals surface area contributed by atoms with Gasteiger partial charge in [-0.05, 0) is 70.2 Å². The topological polar surface area (TPSA) is 109 Å². The third-order valence-corrected chi connectivity index (χ3v) is 8.87. The van der Waals surface area contributed by atoms with E-state index in [1.165, 1.54) is 9.80 Å². The van der Waals surface area contributed by atoms with Crippen LogP contribution in [0.15, 0.2) is 54.7 Å². The summed E-state index contributed by atoms with van der Waals surface area (Å²) in [6.07, 6.45) is 0.675. The molecule has 3 heterocycles. The van der Waals surface area contributed by atoms with Gasteiger partial charge in [0.1, 0.15) is 29.2 Å². The molecule has 0 bridgehead atoms. The summed E-state index contributed by atoms with van der Waals surface area (Å²) in [6, 6.07) is 10.8. The first-order valence-electron chi connectivity index (χ1n) is 16.8. The van der Waals surface area contributed by atoms with Gasteiger partial charge in [0, 0.05) is 50.5 Å². The van der Waals surface area contributed by atoms with E-state index in [1.54, 1.807) is 33.9 Å². The Hall–Kier alpha value is -4.10. The summed E-state index contributed by atoms with van der Waals surface area (Å²) in [5.74, 6) is -1.83. The average molecular weight is 686 g/mol. The molecular formula is C36H46F3N5O5. The zero-order valence-corrected chi connectivity index (χ0v) is 28.4. The van der Waals surface area contributed by atoms with Gasteiger partial charge in [0.2, 0.25) is 0 Å². The lowest BCUT2D eigenvalue weighted by molar-refractivity contribution is 0.0234. The Morgan fingerprint density at radius 3 is 2.51 bits per heavy atom. The molecule has 2 aliphatic heterocycles. The third-order valence-electron chi connectivity index (χ3n) is 8.87. The number of alkyl halides is 1. The van der Waals surface area contributed by atoms with Crippen LogP contribution < -0.4 is 5.32 Å². The lowest BCUT2D eigenvalue weighted by Gasteiger charge is -2.40. The van der Waals surface area contributed by atoms with Crippen LogP contribution >= 0.6 is 0 Å². The number of benzene rings is 2. The first kappa shape index (κ1) is 36.2. The molecule has 2 unspecified atom stereocenters. The Balaban J connectivity index is 1.60. The molecule has 0 aliphatic carbocycles. The fraction of sp³-hybridized carbons (Fsp3) is 0.528. The first-order chi connectivity index (χ1) is 23.3. The fourth-order valence-electron chi connectivity index (χ4n) is 6.43. The van der Waals surface area contributed by atoms with Gasteiger partial charge in [0.15, 0.2) is 0 Å². The Morgan fingerprint density at radius 1 is 1.12 bits per heavy atom. The van der Waals surface area contributed by atoms with Crippen LogP contribution in [0.5, 0.6) is 0 Å². The van der Waals surface area contributed by atoms with Crippen molar-refractivity contribution in [3.05, 3.63) is 77.8 Å². The minimum Gasteiger partial charge on any atom is -0.444 e. The summed E-state index contributed by atoms with van der Waals surface area (Å²) < 4.78 is 58.4. The van der Waals surface area contributed by atoms with Crippen molar-refractivity contribution in [1.82, 2.24) is 24.7 Å². The smallest absolute Gasteiger partial charge is 0.410 e. The number of aromatic nitrogens is 2. The predicted molar refractivity (Wildman–Crippen MR) is 177 cm³/mol. The molecule has 1 aromatic heterocycles. The van der Waals surface area contributed by atoms with Crippen LogP contribution in [0.25, 0.3) is 11.3 Å². The van der Waals surface area contributed by atoms with E-state index in [2.05, 4.69) is 5.32 Å². The Kier molecular flexibility index (Phi) is 11.5. The lowest BCUT2D eigenvalue weighted by atomic mass is 9.89. The molecule has 3 amide bonds. The lowest BCUT2D eigenvalue weighted by Crippen LogP contribution is -2.51. The van der Waals surface area contributed by atoms with Crippen molar-refractivity contribution < 1.29 is 37.3 Å². The summed E-state index contributed by atoms with van der Waals surface area (Å²) in [7, 11) is 0. The van der Waals surface area contributed by atoms with Crippen LogP contribution in [-0.4, -0.2) is 93.9 Å². The van der Waals surface area contributed by atoms with Crippen LogP contribution in [0.2, 0.25) is 0 Å². The van der Waals surface area contributed by atoms with E-state index in [0.29, 0.717) is 38.4 Å². The summed E-state index contributed by atoms with van der Waals surface area (Å²) >= 11 is 0. The number of ether oxygens (including phenoxy) is 2. The summed E-state index contributed by atoms with van der Waals surface area (Å²) in [6.45, 7) is 7.45. The molecule has 2 aliphatic rings. The van der Waals surface area contributed by atoms with E-state index in [-0.39, 0.29) is 43.4 Å². The van der Waals surface area contributed by atoms with Crippen LogP contribution in [0.1, 0.15) is 58.0 Å².